The van der Waals surface area contributed by atoms with Crippen molar-refractivity contribution in [1.29, 1.82) is 5.26 Å². The molecule has 4 aromatic carbocycles. The topological polar surface area (TPSA) is 107 Å². The number of hydrogen-bond donors (Lipinski definition) is 3. The molecular formula is C28H21N5O2S. The van der Waals surface area contributed by atoms with Crippen molar-refractivity contribution in [2.24, 2.45) is 0 Å². The van der Waals surface area contributed by atoms with E-state index in [2.05, 4.69) is 26.4 Å². The number of nitrogens with zero attached hydrogens (tertiary/aromatic N) is 2. The van der Waals surface area contributed by atoms with E-state index in [-0.39, 0.29) is 4.90 Å². The smallest absolute Gasteiger partial charge is 0.261 e. The van der Waals surface area contributed by atoms with Crippen molar-refractivity contribution in [3.05, 3.63) is 115 Å². The van der Waals surface area contributed by atoms with Gasteiger partial charge < -0.3 is 10.6 Å². The van der Waals surface area contributed by atoms with E-state index in [1.165, 1.54) is 0 Å². The molecule has 0 saturated heterocycles. The van der Waals surface area contributed by atoms with E-state index < -0.39 is 10.0 Å². The number of aromatic nitrogens is 1. The molecule has 5 rings (SSSR count). The van der Waals surface area contributed by atoms with Crippen LogP contribution in [0, 0.1) is 11.3 Å². The Morgan fingerprint density at radius 2 is 1.42 bits per heavy atom. The highest BCUT2D eigenvalue weighted by Crippen LogP contribution is 2.28. The van der Waals surface area contributed by atoms with Gasteiger partial charge in [0.05, 0.1) is 27.7 Å². The Morgan fingerprint density at radius 1 is 0.694 bits per heavy atom. The van der Waals surface area contributed by atoms with Gasteiger partial charge in [0.15, 0.2) is 0 Å². The molecule has 1 heterocycles. The van der Waals surface area contributed by atoms with Gasteiger partial charge in [0.25, 0.3) is 10.0 Å². The second-order valence-electron chi connectivity index (χ2n) is 8.03. The normalized spacial score (nSPS) is 11.0. The molecular weight excluding hydrogens is 470 g/mol. The SMILES string of the molecule is N#Cc1ccc2nccc(Nc3cccc(NS(=O)(=O)c4cccc(Nc5ccccc5)c4)c3)c2c1. The van der Waals surface area contributed by atoms with Crippen molar-refractivity contribution >= 4 is 49.4 Å². The molecule has 0 aliphatic rings. The molecule has 0 unspecified atom stereocenters. The average Bonchev–Trinajstić information content (AvgIpc) is 2.89. The number of para-hydroxylation sites is 1. The lowest BCUT2D eigenvalue weighted by molar-refractivity contribution is 0.601. The van der Waals surface area contributed by atoms with E-state index in [1.54, 1.807) is 60.8 Å². The summed E-state index contributed by atoms with van der Waals surface area (Å²) in [5.74, 6) is 0. The first-order valence-electron chi connectivity index (χ1n) is 11.1. The summed E-state index contributed by atoms with van der Waals surface area (Å²) in [5.41, 5.74) is 4.67. The zero-order valence-electron chi connectivity index (χ0n) is 19.0. The van der Waals surface area contributed by atoms with Crippen LogP contribution >= 0.6 is 0 Å². The van der Waals surface area contributed by atoms with E-state index in [0.29, 0.717) is 22.6 Å². The third-order valence-electron chi connectivity index (χ3n) is 5.47. The summed E-state index contributed by atoms with van der Waals surface area (Å²) >= 11 is 0. The Labute approximate surface area is 209 Å². The molecule has 0 aliphatic carbocycles. The summed E-state index contributed by atoms with van der Waals surface area (Å²) in [6.07, 6.45) is 1.68. The van der Waals surface area contributed by atoms with Gasteiger partial charge in [-0.25, -0.2) is 8.42 Å². The van der Waals surface area contributed by atoms with Crippen molar-refractivity contribution in [1.82, 2.24) is 4.98 Å². The number of benzene rings is 4. The predicted molar refractivity (Wildman–Crippen MR) is 143 cm³/mol. The summed E-state index contributed by atoms with van der Waals surface area (Å²) < 4.78 is 28.9. The molecule has 0 bridgehead atoms. The minimum Gasteiger partial charge on any atom is -0.355 e. The van der Waals surface area contributed by atoms with Gasteiger partial charge in [-0.3, -0.25) is 9.71 Å². The fraction of sp³-hybridized carbons (Fsp3) is 0. The molecule has 5 aromatic rings. The first-order chi connectivity index (χ1) is 17.5. The Morgan fingerprint density at radius 3 is 2.22 bits per heavy atom. The molecule has 176 valence electrons. The maximum atomic E-state index is 13.1. The largest absolute Gasteiger partial charge is 0.355 e. The predicted octanol–water partition coefficient (Wildman–Crippen LogP) is 6.39. The zero-order valence-corrected chi connectivity index (χ0v) is 19.8. The van der Waals surface area contributed by atoms with Crippen molar-refractivity contribution in [2.75, 3.05) is 15.4 Å². The van der Waals surface area contributed by atoms with Gasteiger partial charge in [0.2, 0.25) is 0 Å². The Balaban J connectivity index is 1.37. The van der Waals surface area contributed by atoms with Crippen LogP contribution in [0.1, 0.15) is 5.56 Å². The minimum absolute atomic E-state index is 0.144. The van der Waals surface area contributed by atoms with E-state index in [4.69, 9.17) is 0 Å². The number of rotatable bonds is 7. The summed E-state index contributed by atoms with van der Waals surface area (Å²) in [5, 5.41) is 16.6. The van der Waals surface area contributed by atoms with Gasteiger partial charge >= 0.3 is 0 Å². The summed E-state index contributed by atoms with van der Waals surface area (Å²) in [4.78, 5) is 4.49. The number of nitriles is 1. The van der Waals surface area contributed by atoms with Crippen LogP contribution in [0.2, 0.25) is 0 Å². The standard InChI is InChI=1S/C28H21N5O2S/c29-19-20-12-13-27-26(16-20)28(14-15-30-27)32-22-8-4-10-24(17-22)33-36(34,35)25-11-5-9-23(18-25)31-21-6-2-1-3-7-21/h1-18,31,33H,(H,30,32). The third kappa shape index (κ3) is 5.12. The molecule has 0 fully saturated rings. The summed E-state index contributed by atoms with van der Waals surface area (Å²) in [6.45, 7) is 0. The molecule has 8 heteroatoms. The lowest BCUT2D eigenvalue weighted by atomic mass is 10.1. The number of sulfonamides is 1. The Hall–Kier alpha value is -4.87. The molecule has 7 nitrogen and oxygen atoms in total. The fourth-order valence-corrected chi connectivity index (χ4v) is 4.88. The van der Waals surface area contributed by atoms with E-state index in [0.717, 1.165) is 22.3 Å². The van der Waals surface area contributed by atoms with Crippen LogP contribution in [-0.4, -0.2) is 13.4 Å². The van der Waals surface area contributed by atoms with E-state index in [1.807, 2.05) is 48.5 Å². The Bertz CT molecular complexity index is 1700. The van der Waals surface area contributed by atoms with Crippen molar-refractivity contribution < 1.29 is 8.42 Å². The average molecular weight is 492 g/mol. The molecule has 3 N–H and O–H groups in total. The van der Waals surface area contributed by atoms with Crippen molar-refractivity contribution in [3.8, 4) is 6.07 Å². The van der Waals surface area contributed by atoms with Gasteiger partial charge in [0, 0.05) is 34.3 Å². The van der Waals surface area contributed by atoms with Crippen molar-refractivity contribution in [3.63, 3.8) is 0 Å². The van der Waals surface area contributed by atoms with Gasteiger partial charge in [-0.1, -0.05) is 30.3 Å². The molecule has 1 aromatic heterocycles. The van der Waals surface area contributed by atoms with Crippen LogP contribution in [0.5, 0.6) is 0 Å². The van der Waals surface area contributed by atoms with E-state index in [9.17, 15) is 13.7 Å². The molecule has 36 heavy (non-hydrogen) atoms. The van der Waals surface area contributed by atoms with Crippen LogP contribution in [0.4, 0.5) is 28.4 Å². The lowest BCUT2D eigenvalue weighted by Gasteiger charge is -2.13. The first kappa shape index (κ1) is 22.9. The maximum absolute atomic E-state index is 13.1. The lowest BCUT2D eigenvalue weighted by Crippen LogP contribution is -2.13. The molecule has 0 spiro atoms. The maximum Gasteiger partial charge on any atom is 0.261 e. The molecule has 0 aliphatic heterocycles. The monoisotopic (exact) mass is 491 g/mol. The molecule has 0 amide bonds. The highest BCUT2D eigenvalue weighted by Gasteiger charge is 2.15. The summed E-state index contributed by atoms with van der Waals surface area (Å²) in [6, 6.07) is 32.4. The van der Waals surface area contributed by atoms with Crippen LogP contribution in [0.25, 0.3) is 10.9 Å². The quantitative estimate of drug-likeness (QED) is 0.243. The summed E-state index contributed by atoms with van der Waals surface area (Å²) in [7, 11) is -3.83. The van der Waals surface area contributed by atoms with Gasteiger partial charge in [-0.05, 0) is 72.8 Å². The molecule has 0 radical (unpaired) electrons. The second kappa shape index (κ2) is 9.78. The molecule has 0 saturated carbocycles. The third-order valence-corrected chi connectivity index (χ3v) is 6.85. The van der Waals surface area contributed by atoms with Gasteiger partial charge in [0.1, 0.15) is 0 Å². The molecule has 0 atom stereocenters. The van der Waals surface area contributed by atoms with Crippen LogP contribution in [0.15, 0.2) is 114 Å². The zero-order chi connectivity index (χ0) is 25.0. The van der Waals surface area contributed by atoms with Crippen LogP contribution in [0.3, 0.4) is 0 Å². The minimum atomic E-state index is -3.83. The van der Waals surface area contributed by atoms with Gasteiger partial charge in [-0.2, -0.15) is 5.26 Å². The first-order valence-corrected chi connectivity index (χ1v) is 12.6. The fourth-order valence-electron chi connectivity index (χ4n) is 3.78. The van der Waals surface area contributed by atoms with Crippen LogP contribution in [-0.2, 0) is 10.0 Å². The number of hydrogen-bond acceptors (Lipinski definition) is 6. The van der Waals surface area contributed by atoms with Crippen LogP contribution < -0.4 is 15.4 Å². The number of anilines is 5. The van der Waals surface area contributed by atoms with Gasteiger partial charge in [-0.15, -0.1) is 0 Å². The van der Waals surface area contributed by atoms with Crippen molar-refractivity contribution in [2.45, 2.75) is 4.90 Å². The second-order valence-corrected chi connectivity index (χ2v) is 9.71. The highest BCUT2D eigenvalue weighted by atomic mass is 32.2. The Kier molecular flexibility index (Phi) is 6.22. The number of pyridine rings is 1. The number of nitrogens with one attached hydrogen (secondary N) is 3. The highest BCUT2D eigenvalue weighted by molar-refractivity contribution is 7.92. The van der Waals surface area contributed by atoms with E-state index >= 15 is 0 Å². The number of fused-ring (bicyclic) bond motifs is 1.